The molecule has 2 aromatic carbocycles. The van der Waals surface area contributed by atoms with Gasteiger partial charge in [-0.15, -0.1) is 10.2 Å². The van der Waals surface area contributed by atoms with Gasteiger partial charge >= 0.3 is 5.97 Å². The van der Waals surface area contributed by atoms with Crippen LogP contribution in [0.4, 0.5) is 13.2 Å². The van der Waals surface area contributed by atoms with Crippen molar-refractivity contribution in [3.05, 3.63) is 70.3 Å². The molecule has 3 aromatic rings. The summed E-state index contributed by atoms with van der Waals surface area (Å²) in [6, 6.07) is 6.68. The zero-order valence-corrected chi connectivity index (χ0v) is 13.9. The highest BCUT2D eigenvalue weighted by Crippen LogP contribution is 2.26. The van der Waals surface area contributed by atoms with Gasteiger partial charge in [-0.05, 0) is 43.3 Å². The van der Waals surface area contributed by atoms with Crippen molar-refractivity contribution in [2.24, 2.45) is 0 Å². The maximum Gasteiger partial charge on any atom is 0.340 e. The lowest BCUT2D eigenvalue weighted by atomic mass is 10.2. The maximum atomic E-state index is 13.3. The van der Waals surface area contributed by atoms with Crippen LogP contribution in [0, 0.1) is 17.5 Å². The van der Waals surface area contributed by atoms with E-state index in [0.717, 1.165) is 0 Å². The molecule has 0 saturated carbocycles. The van der Waals surface area contributed by atoms with Crippen molar-refractivity contribution in [3.63, 3.8) is 0 Å². The van der Waals surface area contributed by atoms with Crippen LogP contribution in [0.25, 0.3) is 11.5 Å². The average Bonchev–Trinajstić information content (AvgIpc) is 3.09. The lowest BCUT2D eigenvalue weighted by molar-refractivity contribution is 0.0279. The van der Waals surface area contributed by atoms with E-state index in [0.29, 0.717) is 17.7 Å². The standard InChI is InChI=1S/C17H10ClF3N2O3/c1-8(25-17(24)11-6-13(20)14(21)7-12(11)18)15-22-23-16(26-15)9-2-4-10(19)5-3-9/h2-8H,1H3/t8-/m1/s1. The molecule has 5 nitrogen and oxygen atoms in total. The zero-order valence-electron chi connectivity index (χ0n) is 13.2. The number of carbonyl (C=O) groups excluding carboxylic acids is 1. The summed E-state index contributed by atoms with van der Waals surface area (Å²) in [5, 5.41) is 7.26. The van der Waals surface area contributed by atoms with Crippen LogP contribution < -0.4 is 0 Å². The molecule has 0 bridgehead atoms. The summed E-state index contributed by atoms with van der Waals surface area (Å²) in [6.07, 6.45) is -0.978. The fourth-order valence-electron chi connectivity index (χ4n) is 2.06. The molecule has 0 aliphatic rings. The molecule has 0 spiro atoms. The largest absolute Gasteiger partial charge is 0.449 e. The Morgan fingerprint density at radius 3 is 2.46 bits per heavy atom. The van der Waals surface area contributed by atoms with Crippen LogP contribution in [-0.4, -0.2) is 16.2 Å². The lowest BCUT2D eigenvalue weighted by Crippen LogP contribution is -2.11. The molecule has 0 aliphatic heterocycles. The number of halogens is 4. The van der Waals surface area contributed by atoms with E-state index in [-0.39, 0.29) is 22.4 Å². The smallest absolute Gasteiger partial charge is 0.340 e. The van der Waals surface area contributed by atoms with E-state index in [2.05, 4.69) is 10.2 Å². The van der Waals surface area contributed by atoms with Crippen LogP contribution >= 0.6 is 11.6 Å². The maximum absolute atomic E-state index is 13.3. The Hall–Kier alpha value is -2.87. The van der Waals surface area contributed by atoms with Crippen molar-refractivity contribution in [2.75, 3.05) is 0 Å². The van der Waals surface area contributed by atoms with Crippen LogP contribution in [0.5, 0.6) is 0 Å². The van der Waals surface area contributed by atoms with Crippen LogP contribution in [0.2, 0.25) is 5.02 Å². The molecule has 0 fully saturated rings. The summed E-state index contributed by atoms with van der Waals surface area (Å²) >= 11 is 5.73. The number of nitrogens with zero attached hydrogens (tertiary/aromatic N) is 2. The number of esters is 1. The molecule has 1 aromatic heterocycles. The molecule has 3 rings (SSSR count). The summed E-state index contributed by atoms with van der Waals surface area (Å²) in [5.74, 6) is -3.74. The third-order valence-electron chi connectivity index (χ3n) is 3.39. The molecule has 0 unspecified atom stereocenters. The van der Waals surface area contributed by atoms with Crippen LogP contribution in [-0.2, 0) is 4.74 Å². The Labute approximate surface area is 150 Å². The summed E-state index contributed by atoms with van der Waals surface area (Å²) in [5.41, 5.74) is 0.142. The Morgan fingerprint density at radius 1 is 1.12 bits per heavy atom. The van der Waals surface area contributed by atoms with Gasteiger partial charge in [0.1, 0.15) is 5.82 Å². The number of aromatic nitrogens is 2. The number of hydrogen-bond acceptors (Lipinski definition) is 5. The van der Waals surface area contributed by atoms with Crippen LogP contribution in [0.15, 0.2) is 40.8 Å². The van der Waals surface area contributed by atoms with Gasteiger partial charge in [-0.3, -0.25) is 0 Å². The zero-order chi connectivity index (χ0) is 18.8. The normalized spacial score (nSPS) is 12.0. The van der Waals surface area contributed by atoms with Crippen molar-refractivity contribution in [1.29, 1.82) is 0 Å². The van der Waals surface area contributed by atoms with Gasteiger partial charge in [-0.25, -0.2) is 18.0 Å². The summed E-state index contributed by atoms with van der Waals surface area (Å²) in [4.78, 5) is 12.1. The van der Waals surface area contributed by atoms with Gasteiger partial charge in [-0.1, -0.05) is 11.6 Å². The highest BCUT2D eigenvalue weighted by Gasteiger charge is 2.22. The second kappa shape index (κ2) is 7.17. The Bertz CT molecular complexity index is 960. The number of rotatable bonds is 4. The van der Waals surface area contributed by atoms with Gasteiger partial charge < -0.3 is 9.15 Å². The minimum atomic E-state index is -1.23. The molecule has 9 heteroatoms. The van der Waals surface area contributed by atoms with Gasteiger partial charge in [0.15, 0.2) is 17.7 Å². The Morgan fingerprint density at radius 2 is 1.77 bits per heavy atom. The van der Waals surface area contributed by atoms with Crippen molar-refractivity contribution in [1.82, 2.24) is 10.2 Å². The van der Waals surface area contributed by atoms with Crippen LogP contribution in [0.3, 0.4) is 0 Å². The second-order valence-electron chi connectivity index (χ2n) is 5.25. The first-order valence-corrected chi connectivity index (χ1v) is 7.68. The predicted molar refractivity (Wildman–Crippen MR) is 84.9 cm³/mol. The molecule has 26 heavy (non-hydrogen) atoms. The first-order chi connectivity index (χ1) is 12.3. The Balaban J connectivity index is 1.76. The molecule has 0 aliphatic carbocycles. The summed E-state index contributed by atoms with van der Waals surface area (Å²) in [6.45, 7) is 1.45. The van der Waals surface area contributed by atoms with E-state index in [4.69, 9.17) is 20.8 Å². The van der Waals surface area contributed by atoms with Gasteiger partial charge in [0.2, 0.25) is 5.89 Å². The molecule has 0 saturated heterocycles. The van der Waals surface area contributed by atoms with Crippen molar-refractivity contribution < 1.29 is 27.1 Å². The number of ether oxygens (including phenoxy) is 1. The summed E-state index contributed by atoms with van der Waals surface area (Å²) < 4.78 is 49.8. The topological polar surface area (TPSA) is 65.2 Å². The highest BCUT2D eigenvalue weighted by atomic mass is 35.5. The molecule has 1 atom stereocenters. The Kier molecular flexibility index (Phi) is 4.94. The monoisotopic (exact) mass is 382 g/mol. The van der Waals surface area contributed by atoms with Gasteiger partial charge in [-0.2, -0.15) is 0 Å². The van der Waals surface area contributed by atoms with E-state index in [1.165, 1.54) is 31.2 Å². The van der Waals surface area contributed by atoms with Gasteiger partial charge in [0.25, 0.3) is 5.89 Å². The van der Waals surface area contributed by atoms with Crippen LogP contribution in [0.1, 0.15) is 29.3 Å². The fourth-order valence-corrected chi connectivity index (χ4v) is 2.29. The van der Waals surface area contributed by atoms with E-state index in [1.807, 2.05) is 0 Å². The SMILES string of the molecule is C[C@@H](OC(=O)c1cc(F)c(F)cc1Cl)c1nnc(-c2ccc(F)cc2)o1. The molecular weight excluding hydrogens is 373 g/mol. The number of hydrogen-bond donors (Lipinski definition) is 0. The number of carbonyl (C=O) groups is 1. The molecule has 0 amide bonds. The third-order valence-corrected chi connectivity index (χ3v) is 3.71. The quantitative estimate of drug-likeness (QED) is 0.482. The lowest BCUT2D eigenvalue weighted by Gasteiger charge is -2.10. The van der Waals surface area contributed by atoms with E-state index < -0.39 is 29.5 Å². The first-order valence-electron chi connectivity index (χ1n) is 7.30. The third kappa shape index (κ3) is 3.70. The fraction of sp³-hybridized carbons (Fsp3) is 0.118. The minimum Gasteiger partial charge on any atom is -0.449 e. The number of benzene rings is 2. The highest BCUT2D eigenvalue weighted by molar-refractivity contribution is 6.33. The average molecular weight is 383 g/mol. The van der Waals surface area contributed by atoms with E-state index >= 15 is 0 Å². The predicted octanol–water partition coefficient (Wildman–Crippen LogP) is 4.73. The molecule has 1 heterocycles. The van der Waals surface area contributed by atoms with Gasteiger partial charge in [0, 0.05) is 5.56 Å². The van der Waals surface area contributed by atoms with Crippen molar-refractivity contribution in [2.45, 2.75) is 13.0 Å². The van der Waals surface area contributed by atoms with Gasteiger partial charge in [0.05, 0.1) is 10.6 Å². The van der Waals surface area contributed by atoms with Crippen molar-refractivity contribution >= 4 is 17.6 Å². The second-order valence-corrected chi connectivity index (χ2v) is 5.65. The van der Waals surface area contributed by atoms with Crippen molar-refractivity contribution in [3.8, 4) is 11.5 Å². The summed E-state index contributed by atoms with van der Waals surface area (Å²) in [7, 11) is 0. The molecule has 134 valence electrons. The molecule has 0 N–H and O–H groups in total. The van der Waals surface area contributed by atoms with E-state index in [9.17, 15) is 18.0 Å². The minimum absolute atomic E-state index is 0.0311. The first kappa shape index (κ1) is 17.9. The van der Waals surface area contributed by atoms with E-state index in [1.54, 1.807) is 0 Å². The molecular formula is C17H10ClF3N2O3. The molecule has 0 radical (unpaired) electrons.